The first kappa shape index (κ1) is 29.5. The number of amides is 1. The van der Waals surface area contributed by atoms with E-state index in [1.54, 1.807) is 0 Å². The molecule has 13 heteroatoms. The number of hydrogen-bond donors (Lipinski definition) is 3. The largest absolute Gasteiger partial charge is 0.465 e. The van der Waals surface area contributed by atoms with E-state index in [1.807, 2.05) is 0 Å². The number of nitrogens with one attached hydrogen (secondary N) is 3. The molecule has 0 bridgehead atoms. The van der Waals surface area contributed by atoms with E-state index in [-0.39, 0.29) is 42.1 Å². The molecule has 7 nitrogen and oxygen atoms in total. The van der Waals surface area contributed by atoms with E-state index in [9.17, 15) is 35.9 Å². The lowest BCUT2D eigenvalue weighted by molar-refractivity contribution is -0.138. The van der Waals surface area contributed by atoms with Crippen LogP contribution >= 0.6 is 0 Å². The molecule has 1 heterocycles. The number of methoxy groups -OCH3 is 1. The zero-order chi connectivity index (χ0) is 29.1. The van der Waals surface area contributed by atoms with Gasteiger partial charge in [0.1, 0.15) is 11.4 Å². The molecule has 0 radical (unpaired) electrons. The van der Waals surface area contributed by atoms with Crippen LogP contribution in [0.2, 0.25) is 0 Å². The lowest BCUT2D eigenvalue weighted by Crippen LogP contribution is -2.39. The van der Waals surface area contributed by atoms with Crippen molar-refractivity contribution < 1.29 is 40.7 Å². The Kier molecular flexibility index (Phi) is 8.61. The van der Waals surface area contributed by atoms with E-state index in [0.717, 1.165) is 6.07 Å². The molecule has 1 aliphatic rings. The summed E-state index contributed by atoms with van der Waals surface area (Å²) >= 11 is 0. The fourth-order valence-electron chi connectivity index (χ4n) is 4.09. The molecule has 3 rings (SSSR count). The van der Waals surface area contributed by atoms with Gasteiger partial charge in [-0.15, -0.1) is 0 Å². The van der Waals surface area contributed by atoms with Crippen molar-refractivity contribution in [2.24, 2.45) is 0 Å². The minimum atomic E-state index is -5.17. The lowest BCUT2D eigenvalue weighted by Gasteiger charge is -2.25. The number of ether oxygens (including phenoxy) is 1. The highest BCUT2D eigenvalue weighted by molar-refractivity contribution is 6.23. The number of benzene rings is 2. The van der Waals surface area contributed by atoms with Crippen LogP contribution in [0.1, 0.15) is 45.6 Å². The van der Waals surface area contributed by atoms with Crippen molar-refractivity contribution in [2.45, 2.75) is 38.8 Å². The Morgan fingerprint density at radius 1 is 1.10 bits per heavy atom. The molecule has 2 aromatic rings. The number of hydrogen-bond acceptors (Lipinski definition) is 6. The van der Waals surface area contributed by atoms with Gasteiger partial charge in [0.25, 0.3) is 5.91 Å². The molecular formula is C26H26F6N4O3. The van der Waals surface area contributed by atoms with Gasteiger partial charge in [-0.1, -0.05) is 24.3 Å². The normalized spacial score (nSPS) is 15.9. The van der Waals surface area contributed by atoms with Gasteiger partial charge in [-0.3, -0.25) is 10.2 Å². The highest BCUT2D eigenvalue weighted by Gasteiger charge is 2.42. The molecule has 210 valence electrons. The third-order valence-corrected chi connectivity index (χ3v) is 6.15. The molecule has 1 unspecified atom stereocenters. The summed E-state index contributed by atoms with van der Waals surface area (Å²) in [7, 11) is 1.21. The van der Waals surface area contributed by atoms with Gasteiger partial charge in [-0.05, 0) is 48.7 Å². The third-order valence-electron chi connectivity index (χ3n) is 6.15. The summed E-state index contributed by atoms with van der Waals surface area (Å²) in [5, 5.41) is 12.9. The van der Waals surface area contributed by atoms with Crippen LogP contribution in [0.5, 0.6) is 0 Å². The fraction of sp³-hybridized carbons (Fsp3) is 0.346. The van der Waals surface area contributed by atoms with Gasteiger partial charge in [0, 0.05) is 19.6 Å². The number of alkyl halides is 6. The van der Waals surface area contributed by atoms with E-state index in [2.05, 4.69) is 15.4 Å². The zero-order valence-corrected chi connectivity index (χ0v) is 21.2. The topological polar surface area (TPSA) is 94.5 Å². The molecule has 1 saturated heterocycles. The van der Waals surface area contributed by atoms with Crippen molar-refractivity contribution in [3.8, 4) is 0 Å². The summed E-state index contributed by atoms with van der Waals surface area (Å²) in [6.07, 6.45) is -9.79. The SMILES string of the molecule is COC(=O)c1ccc(C(C)NC(=O)/C(C(=N)C(F)(F)F)=C2/NCCN2Cc2ccc(C)c(C(F)(F)F)c2)cc1. The maximum Gasteiger partial charge on any atom is 0.433 e. The molecule has 0 aliphatic carbocycles. The molecule has 1 fully saturated rings. The number of rotatable bonds is 7. The fourth-order valence-corrected chi connectivity index (χ4v) is 4.09. The van der Waals surface area contributed by atoms with Crippen LogP contribution < -0.4 is 10.6 Å². The predicted molar refractivity (Wildman–Crippen MR) is 130 cm³/mol. The maximum atomic E-state index is 13.7. The van der Waals surface area contributed by atoms with Crippen LogP contribution in [0.4, 0.5) is 26.3 Å². The highest BCUT2D eigenvalue weighted by atomic mass is 19.4. The Balaban J connectivity index is 1.93. The molecule has 1 amide bonds. The Morgan fingerprint density at radius 3 is 2.31 bits per heavy atom. The summed E-state index contributed by atoms with van der Waals surface area (Å²) in [6.45, 7) is 2.79. The Labute approximate surface area is 220 Å². The predicted octanol–water partition coefficient (Wildman–Crippen LogP) is 4.88. The van der Waals surface area contributed by atoms with Gasteiger partial charge in [0.15, 0.2) is 5.71 Å². The first-order valence-electron chi connectivity index (χ1n) is 11.7. The van der Waals surface area contributed by atoms with Crippen molar-refractivity contribution in [3.63, 3.8) is 0 Å². The first-order chi connectivity index (χ1) is 18.1. The van der Waals surface area contributed by atoms with Crippen LogP contribution in [0, 0.1) is 12.3 Å². The van der Waals surface area contributed by atoms with E-state index >= 15 is 0 Å². The van der Waals surface area contributed by atoms with Crippen LogP contribution in [0.15, 0.2) is 53.9 Å². The standard InChI is InChI=1S/C26H26F6N4O3/c1-14-4-5-16(12-19(14)25(27,28)29)13-36-11-10-34-22(36)20(21(33)26(30,31)32)23(37)35-15(2)17-6-8-18(9-7-17)24(38)39-3/h4-9,12,15,33-34H,10-11,13H2,1-3H3,(H,35,37)/b22-20-,33-21?. The van der Waals surface area contributed by atoms with Gasteiger partial charge >= 0.3 is 18.3 Å². The first-order valence-corrected chi connectivity index (χ1v) is 11.7. The van der Waals surface area contributed by atoms with E-state index in [1.165, 1.54) is 62.3 Å². The van der Waals surface area contributed by atoms with Crippen molar-refractivity contribution in [3.05, 3.63) is 81.7 Å². The van der Waals surface area contributed by atoms with Crippen molar-refractivity contribution >= 4 is 17.6 Å². The molecule has 0 aromatic heterocycles. The van der Waals surface area contributed by atoms with Gasteiger partial charge < -0.3 is 20.3 Å². The molecule has 1 atom stereocenters. The van der Waals surface area contributed by atoms with Crippen LogP contribution in [-0.2, 0) is 22.3 Å². The summed E-state index contributed by atoms with van der Waals surface area (Å²) in [4.78, 5) is 26.1. The molecular weight excluding hydrogens is 530 g/mol. The lowest BCUT2D eigenvalue weighted by atomic mass is 10.0. The van der Waals surface area contributed by atoms with Crippen molar-refractivity contribution in [1.82, 2.24) is 15.5 Å². The maximum absolute atomic E-state index is 13.7. The zero-order valence-electron chi connectivity index (χ0n) is 21.2. The molecule has 3 N–H and O–H groups in total. The second-order valence-corrected chi connectivity index (χ2v) is 8.90. The quantitative estimate of drug-likeness (QED) is 0.196. The average molecular weight is 557 g/mol. The number of carbonyl (C=O) groups is 2. The number of nitrogens with zero attached hydrogens (tertiary/aromatic N) is 1. The highest BCUT2D eigenvalue weighted by Crippen LogP contribution is 2.33. The summed E-state index contributed by atoms with van der Waals surface area (Å²) < 4.78 is 85.7. The minimum absolute atomic E-state index is 0.00548. The van der Waals surface area contributed by atoms with Crippen LogP contribution in [0.3, 0.4) is 0 Å². The monoisotopic (exact) mass is 556 g/mol. The summed E-state index contributed by atoms with van der Waals surface area (Å²) in [5.41, 5.74) is -2.89. The molecule has 39 heavy (non-hydrogen) atoms. The number of esters is 1. The van der Waals surface area contributed by atoms with Gasteiger partial charge in [-0.2, -0.15) is 26.3 Å². The van der Waals surface area contributed by atoms with Gasteiger partial charge in [0.2, 0.25) is 0 Å². The molecule has 0 spiro atoms. The average Bonchev–Trinajstić information content (AvgIpc) is 3.31. The Morgan fingerprint density at radius 2 is 1.74 bits per heavy atom. The number of carbonyl (C=O) groups excluding carboxylic acids is 2. The molecule has 2 aromatic carbocycles. The minimum Gasteiger partial charge on any atom is -0.465 e. The Bertz CT molecular complexity index is 1290. The molecule has 1 aliphatic heterocycles. The summed E-state index contributed by atoms with van der Waals surface area (Å²) in [5.74, 6) is -2.10. The molecule has 0 saturated carbocycles. The van der Waals surface area contributed by atoms with E-state index < -0.39 is 47.1 Å². The smallest absolute Gasteiger partial charge is 0.433 e. The van der Waals surface area contributed by atoms with Crippen LogP contribution in [0.25, 0.3) is 0 Å². The summed E-state index contributed by atoms with van der Waals surface area (Å²) in [6, 6.07) is 8.64. The second-order valence-electron chi connectivity index (χ2n) is 8.90. The van der Waals surface area contributed by atoms with Crippen molar-refractivity contribution in [2.75, 3.05) is 20.2 Å². The second kappa shape index (κ2) is 11.4. The van der Waals surface area contributed by atoms with Crippen molar-refractivity contribution in [1.29, 1.82) is 5.41 Å². The third kappa shape index (κ3) is 6.89. The number of aryl methyl sites for hydroxylation is 1. The Hall–Kier alpha value is -4.03. The van der Waals surface area contributed by atoms with Gasteiger partial charge in [0.05, 0.1) is 24.3 Å². The van der Waals surface area contributed by atoms with E-state index in [4.69, 9.17) is 5.41 Å². The van der Waals surface area contributed by atoms with Gasteiger partial charge in [-0.25, -0.2) is 4.79 Å². The van der Waals surface area contributed by atoms with Crippen LogP contribution in [-0.4, -0.2) is 48.9 Å². The number of halogens is 6. The van der Waals surface area contributed by atoms with E-state index in [0.29, 0.717) is 5.56 Å².